The summed E-state index contributed by atoms with van der Waals surface area (Å²) >= 11 is 0. The minimum absolute atomic E-state index is 0.0481. The van der Waals surface area contributed by atoms with Gasteiger partial charge >= 0.3 is 12.1 Å². The van der Waals surface area contributed by atoms with E-state index in [1.807, 2.05) is 48.5 Å². The van der Waals surface area contributed by atoms with Crippen molar-refractivity contribution in [1.29, 1.82) is 0 Å². The molecule has 0 heterocycles. The maximum Gasteiger partial charge on any atom is 0.408 e. The molecule has 1 aliphatic carbocycles. The number of carboxylic acid groups (broad SMARTS) is 1. The third-order valence-electron chi connectivity index (χ3n) is 5.29. The van der Waals surface area contributed by atoms with Crippen LogP contribution >= 0.6 is 0 Å². The quantitative estimate of drug-likeness (QED) is 0.456. The van der Waals surface area contributed by atoms with Crippen molar-refractivity contribution in [3.8, 4) is 11.1 Å². The average molecular weight is 418 g/mol. The first-order valence-corrected chi connectivity index (χ1v) is 9.54. The Kier molecular flexibility index (Phi) is 5.36. The third-order valence-corrected chi connectivity index (χ3v) is 5.29. The fourth-order valence-corrected chi connectivity index (χ4v) is 3.83. The van der Waals surface area contributed by atoms with E-state index in [-0.39, 0.29) is 23.8 Å². The van der Waals surface area contributed by atoms with Gasteiger partial charge in [0.05, 0.1) is 4.92 Å². The molecule has 0 unspecified atom stereocenters. The monoisotopic (exact) mass is 418 g/mol. The molecule has 4 rings (SSSR count). The number of carboxylic acids is 1. The summed E-state index contributed by atoms with van der Waals surface area (Å²) in [6.45, 7) is 0.0481. The second-order valence-corrected chi connectivity index (χ2v) is 7.09. The highest BCUT2D eigenvalue weighted by molar-refractivity contribution is 5.82. The molecule has 8 heteroatoms. The minimum Gasteiger partial charge on any atom is -0.479 e. The number of non-ortho nitro benzene ring substituents is 1. The van der Waals surface area contributed by atoms with Crippen LogP contribution in [0.25, 0.3) is 11.1 Å². The molecule has 0 bridgehead atoms. The predicted molar refractivity (Wildman–Crippen MR) is 112 cm³/mol. The fourth-order valence-electron chi connectivity index (χ4n) is 3.83. The smallest absolute Gasteiger partial charge is 0.408 e. The highest BCUT2D eigenvalue weighted by atomic mass is 16.6. The number of ether oxygens (including phenoxy) is 1. The van der Waals surface area contributed by atoms with Gasteiger partial charge in [0.15, 0.2) is 6.04 Å². The van der Waals surface area contributed by atoms with E-state index in [0.29, 0.717) is 0 Å². The molecule has 156 valence electrons. The number of nitro groups is 1. The van der Waals surface area contributed by atoms with Gasteiger partial charge in [-0.1, -0.05) is 48.5 Å². The molecule has 3 aromatic carbocycles. The second kappa shape index (κ2) is 8.27. The van der Waals surface area contributed by atoms with Gasteiger partial charge in [0.25, 0.3) is 5.69 Å². The minimum atomic E-state index is -1.39. The Morgan fingerprint density at radius 2 is 1.52 bits per heavy atom. The highest BCUT2D eigenvalue weighted by Crippen LogP contribution is 2.44. The average Bonchev–Trinajstić information content (AvgIpc) is 3.10. The van der Waals surface area contributed by atoms with Gasteiger partial charge in [-0.15, -0.1) is 0 Å². The molecule has 8 nitrogen and oxygen atoms in total. The SMILES string of the molecule is O=C(N[C@@H](C(=O)O)c1ccc([N+](=O)[O-])cc1)OCC1c2ccccc2-c2ccccc21. The number of hydrogen-bond donors (Lipinski definition) is 2. The molecule has 0 aromatic heterocycles. The first-order valence-electron chi connectivity index (χ1n) is 9.54. The molecule has 0 radical (unpaired) electrons. The first kappa shape index (κ1) is 20.1. The Hall–Kier alpha value is -4.20. The molecule has 0 spiro atoms. The lowest BCUT2D eigenvalue weighted by molar-refractivity contribution is -0.384. The molecule has 31 heavy (non-hydrogen) atoms. The summed E-state index contributed by atoms with van der Waals surface area (Å²) in [5.74, 6) is -1.46. The van der Waals surface area contributed by atoms with Crippen molar-refractivity contribution in [2.45, 2.75) is 12.0 Å². The van der Waals surface area contributed by atoms with E-state index in [1.165, 1.54) is 24.3 Å². The molecular weight excluding hydrogens is 400 g/mol. The van der Waals surface area contributed by atoms with Gasteiger partial charge in [-0.3, -0.25) is 10.1 Å². The van der Waals surface area contributed by atoms with Gasteiger partial charge in [0, 0.05) is 18.1 Å². The predicted octanol–water partition coefficient (Wildman–Crippen LogP) is 4.26. The van der Waals surface area contributed by atoms with Gasteiger partial charge in [-0.2, -0.15) is 0 Å². The molecule has 1 amide bonds. The maximum absolute atomic E-state index is 12.4. The highest BCUT2D eigenvalue weighted by Gasteiger charge is 2.30. The van der Waals surface area contributed by atoms with Crippen LogP contribution in [0.2, 0.25) is 0 Å². The number of carbonyl (C=O) groups is 2. The van der Waals surface area contributed by atoms with Crippen LogP contribution in [0.15, 0.2) is 72.8 Å². The Bertz CT molecular complexity index is 1110. The van der Waals surface area contributed by atoms with Crippen LogP contribution in [0, 0.1) is 10.1 Å². The van der Waals surface area contributed by atoms with Crippen LogP contribution < -0.4 is 5.32 Å². The first-order chi connectivity index (χ1) is 15.0. The summed E-state index contributed by atoms with van der Waals surface area (Å²) in [5, 5.41) is 22.6. The van der Waals surface area contributed by atoms with Crippen molar-refractivity contribution in [1.82, 2.24) is 5.32 Å². The number of nitrogens with one attached hydrogen (secondary N) is 1. The zero-order chi connectivity index (χ0) is 22.0. The van der Waals surface area contributed by atoms with E-state index < -0.39 is 23.0 Å². The fraction of sp³-hybridized carbons (Fsp3) is 0.130. The Balaban J connectivity index is 1.47. The number of hydrogen-bond acceptors (Lipinski definition) is 5. The van der Waals surface area contributed by atoms with E-state index in [0.717, 1.165) is 22.3 Å². The lowest BCUT2D eigenvalue weighted by Crippen LogP contribution is -2.34. The van der Waals surface area contributed by atoms with Gasteiger partial charge in [0.1, 0.15) is 6.61 Å². The lowest BCUT2D eigenvalue weighted by atomic mass is 9.98. The summed E-state index contributed by atoms with van der Waals surface area (Å²) in [5.41, 5.74) is 4.28. The largest absolute Gasteiger partial charge is 0.479 e. The van der Waals surface area contributed by atoms with Crippen LogP contribution in [-0.4, -0.2) is 28.7 Å². The number of carbonyl (C=O) groups excluding carboxylic acids is 1. The zero-order valence-corrected chi connectivity index (χ0v) is 16.2. The number of benzene rings is 3. The number of fused-ring (bicyclic) bond motifs is 3. The third kappa shape index (κ3) is 3.95. The number of nitro benzene ring substituents is 1. The standard InChI is InChI=1S/C23H18N2O6/c26-22(27)21(14-9-11-15(12-10-14)25(29)30)24-23(28)31-13-20-18-7-3-1-5-16(18)17-6-2-4-8-19(17)20/h1-12,20-21H,13H2,(H,24,28)(H,26,27)/t21-/m1/s1. The number of aliphatic carboxylic acids is 1. The number of rotatable bonds is 6. The molecule has 0 saturated heterocycles. The molecular formula is C23H18N2O6. The Morgan fingerprint density at radius 3 is 2.03 bits per heavy atom. The molecule has 0 saturated carbocycles. The van der Waals surface area contributed by atoms with E-state index >= 15 is 0 Å². The second-order valence-electron chi connectivity index (χ2n) is 7.09. The van der Waals surface area contributed by atoms with Crippen molar-refractivity contribution in [3.63, 3.8) is 0 Å². The summed E-state index contributed by atoms with van der Waals surface area (Å²) in [6, 6.07) is 19.3. The number of nitrogens with zero attached hydrogens (tertiary/aromatic N) is 1. The summed E-state index contributed by atoms with van der Waals surface area (Å²) in [7, 11) is 0. The normalized spacial score (nSPS) is 13.0. The Morgan fingerprint density at radius 1 is 0.968 bits per heavy atom. The molecule has 1 atom stereocenters. The van der Waals surface area contributed by atoms with Crippen molar-refractivity contribution < 1.29 is 24.4 Å². The van der Waals surface area contributed by atoms with Crippen LogP contribution in [0.4, 0.5) is 10.5 Å². The molecule has 1 aliphatic rings. The zero-order valence-electron chi connectivity index (χ0n) is 16.2. The molecule has 3 aromatic rings. The van der Waals surface area contributed by atoms with E-state index in [1.54, 1.807) is 0 Å². The van der Waals surface area contributed by atoms with Gasteiger partial charge in [-0.05, 0) is 39.9 Å². The van der Waals surface area contributed by atoms with Crippen molar-refractivity contribution >= 4 is 17.7 Å². The van der Waals surface area contributed by atoms with Gasteiger partial charge in [-0.25, -0.2) is 9.59 Å². The molecule has 2 N–H and O–H groups in total. The van der Waals surface area contributed by atoms with Gasteiger partial charge in [0.2, 0.25) is 0 Å². The van der Waals surface area contributed by atoms with Crippen LogP contribution in [0.3, 0.4) is 0 Å². The van der Waals surface area contributed by atoms with Crippen molar-refractivity contribution in [2.24, 2.45) is 0 Å². The molecule has 0 fully saturated rings. The van der Waals surface area contributed by atoms with E-state index in [4.69, 9.17) is 4.74 Å². The topological polar surface area (TPSA) is 119 Å². The van der Waals surface area contributed by atoms with E-state index in [2.05, 4.69) is 5.32 Å². The summed E-state index contributed by atoms with van der Waals surface area (Å²) in [6.07, 6.45) is -0.882. The van der Waals surface area contributed by atoms with Gasteiger partial charge < -0.3 is 15.2 Å². The van der Waals surface area contributed by atoms with Crippen LogP contribution in [-0.2, 0) is 9.53 Å². The van der Waals surface area contributed by atoms with Crippen LogP contribution in [0.1, 0.15) is 28.7 Å². The summed E-state index contributed by atoms with van der Waals surface area (Å²) < 4.78 is 5.38. The number of amides is 1. The summed E-state index contributed by atoms with van der Waals surface area (Å²) in [4.78, 5) is 34.2. The molecule has 0 aliphatic heterocycles. The van der Waals surface area contributed by atoms with E-state index in [9.17, 15) is 24.8 Å². The lowest BCUT2D eigenvalue weighted by Gasteiger charge is -2.17. The Labute approximate surface area is 177 Å². The van der Waals surface area contributed by atoms with Crippen molar-refractivity contribution in [3.05, 3.63) is 99.6 Å². The number of alkyl carbamates (subject to hydrolysis) is 1. The van der Waals surface area contributed by atoms with Crippen LogP contribution in [0.5, 0.6) is 0 Å². The van der Waals surface area contributed by atoms with Crippen molar-refractivity contribution in [2.75, 3.05) is 6.61 Å². The maximum atomic E-state index is 12.4.